The van der Waals surface area contributed by atoms with Crippen molar-refractivity contribution in [3.05, 3.63) is 59.7 Å². The molecule has 3 saturated heterocycles. The average Bonchev–Trinajstić information content (AvgIpc) is 3.39. The molecule has 1 aliphatic carbocycles. The maximum absolute atomic E-state index is 11.4. The third-order valence-electron chi connectivity index (χ3n) is 7.30. The maximum atomic E-state index is 11.4. The summed E-state index contributed by atoms with van der Waals surface area (Å²) in [6.45, 7) is 11.6. The molecule has 4 aliphatic rings. The number of aliphatic hydroxyl groups excluding tert-OH is 1. The fourth-order valence-corrected chi connectivity index (χ4v) is 5.05. The minimum absolute atomic E-state index is 0. The second kappa shape index (κ2) is 11.8. The Morgan fingerprint density at radius 3 is 2.22 bits per heavy atom. The van der Waals surface area contributed by atoms with Gasteiger partial charge in [-0.3, -0.25) is 4.79 Å². The summed E-state index contributed by atoms with van der Waals surface area (Å²) in [4.78, 5) is 11.4. The van der Waals surface area contributed by atoms with Crippen LogP contribution in [0, 0.1) is 17.3 Å². The van der Waals surface area contributed by atoms with Gasteiger partial charge in [0, 0.05) is 26.4 Å². The van der Waals surface area contributed by atoms with Crippen LogP contribution < -0.4 is 16.0 Å². The van der Waals surface area contributed by atoms with E-state index in [1.54, 1.807) is 0 Å². The van der Waals surface area contributed by atoms with E-state index < -0.39 is 0 Å². The van der Waals surface area contributed by atoms with Gasteiger partial charge in [0.1, 0.15) is 0 Å². The first-order valence-electron chi connectivity index (χ1n) is 12.2. The predicted octanol–water partition coefficient (Wildman–Crippen LogP) is 3.63. The molecule has 1 aromatic rings. The number of allylic oxidation sites excluding steroid dienone is 2. The van der Waals surface area contributed by atoms with Gasteiger partial charge in [0.2, 0.25) is 5.91 Å². The molecule has 5 heteroatoms. The Labute approximate surface area is 195 Å². The Hall–Kier alpha value is -1.95. The van der Waals surface area contributed by atoms with Crippen molar-refractivity contribution in [2.45, 2.75) is 52.1 Å². The molecule has 1 aromatic carbocycles. The van der Waals surface area contributed by atoms with Crippen LogP contribution in [-0.4, -0.2) is 49.8 Å². The molecule has 4 N–H and O–H groups in total. The lowest BCUT2D eigenvalue weighted by Crippen LogP contribution is -2.41. The van der Waals surface area contributed by atoms with Gasteiger partial charge in [0.15, 0.2) is 0 Å². The maximum Gasteiger partial charge on any atom is 0.226 e. The van der Waals surface area contributed by atoms with Crippen molar-refractivity contribution in [1.29, 1.82) is 0 Å². The molecule has 3 heterocycles. The van der Waals surface area contributed by atoms with Crippen LogP contribution in [0.3, 0.4) is 0 Å². The van der Waals surface area contributed by atoms with E-state index >= 15 is 0 Å². The van der Waals surface area contributed by atoms with Gasteiger partial charge in [-0.25, -0.2) is 0 Å². The summed E-state index contributed by atoms with van der Waals surface area (Å²) in [5.74, 6) is 2.09. The first-order valence-corrected chi connectivity index (χ1v) is 12.2. The molecule has 2 unspecified atom stereocenters. The molecule has 32 heavy (non-hydrogen) atoms. The number of rotatable bonds is 1. The van der Waals surface area contributed by atoms with E-state index in [9.17, 15) is 4.79 Å². The van der Waals surface area contributed by atoms with Crippen molar-refractivity contribution in [2.75, 3.05) is 32.7 Å². The highest BCUT2D eigenvalue weighted by Gasteiger charge is 2.42. The van der Waals surface area contributed by atoms with Crippen LogP contribution >= 0.6 is 0 Å². The Balaban J connectivity index is 0.000000174. The molecule has 1 amide bonds. The standard InChI is InChI=1S/C11H15N.C8H14N2O.C8H12O.H2/c1-9-7-12-8-11(9)10-5-3-2-4-6-10;11-7-8(3-6-10-7)1-4-9-5-2-8;1-6-3-4-8(9)7(2)5-6;/h2-6,9,11-12H,7-8H2,1H3;9H,1-6H2,(H,10,11);3-5,7-9H,1-2H3;1H/t9-,11-;;;/m0.../s1. The summed E-state index contributed by atoms with van der Waals surface area (Å²) in [6.07, 6.45) is 8.69. The molecule has 178 valence electrons. The van der Waals surface area contributed by atoms with Crippen molar-refractivity contribution in [3.8, 4) is 0 Å². The van der Waals surface area contributed by atoms with Gasteiger partial charge in [0.25, 0.3) is 0 Å². The Morgan fingerprint density at radius 2 is 1.69 bits per heavy atom. The molecule has 1 spiro atoms. The molecule has 4 atom stereocenters. The Kier molecular flexibility index (Phi) is 9.09. The minimum atomic E-state index is -0.270. The number of hydrogen-bond donors (Lipinski definition) is 4. The third-order valence-corrected chi connectivity index (χ3v) is 7.30. The lowest BCUT2D eigenvalue weighted by molar-refractivity contribution is -0.128. The number of amides is 1. The number of aliphatic hydroxyl groups is 1. The largest absolute Gasteiger partial charge is 0.388 e. The molecule has 0 aromatic heterocycles. The minimum Gasteiger partial charge on any atom is -0.388 e. The second-order valence-corrected chi connectivity index (χ2v) is 9.81. The van der Waals surface area contributed by atoms with E-state index in [0.717, 1.165) is 57.3 Å². The summed E-state index contributed by atoms with van der Waals surface area (Å²) in [5.41, 5.74) is 2.74. The fourth-order valence-electron chi connectivity index (χ4n) is 5.05. The number of nitrogens with one attached hydrogen (secondary N) is 3. The zero-order valence-electron chi connectivity index (χ0n) is 19.9. The Bertz CT molecular complexity index is 790. The monoisotopic (exact) mass is 441 g/mol. The van der Waals surface area contributed by atoms with Gasteiger partial charge in [-0.1, -0.05) is 68.0 Å². The summed E-state index contributed by atoms with van der Waals surface area (Å²) in [7, 11) is 0. The van der Waals surface area contributed by atoms with Crippen molar-refractivity contribution >= 4 is 5.91 Å². The molecule has 3 fully saturated rings. The van der Waals surface area contributed by atoms with Crippen LogP contribution in [0.25, 0.3) is 0 Å². The van der Waals surface area contributed by atoms with E-state index in [2.05, 4.69) is 59.3 Å². The topological polar surface area (TPSA) is 73.4 Å². The van der Waals surface area contributed by atoms with Crippen LogP contribution in [0.5, 0.6) is 0 Å². The molecule has 5 rings (SSSR count). The van der Waals surface area contributed by atoms with E-state index in [0.29, 0.717) is 5.91 Å². The van der Waals surface area contributed by atoms with E-state index in [-0.39, 0.29) is 18.9 Å². The average molecular weight is 442 g/mol. The van der Waals surface area contributed by atoms with Crippen molar-refractivity contribution in [1.82, 2.24) is 16.0 Å². The smallest absolute Gasteiger partial charge is 0.226 e. The molecular formula is C27H43N3O2. The molecule has 5 nitrogen and oxygen atoms in total. The highest BCUT2D eigenvalue weighted by molar-refractivity contribution is 5.84. The lowest BCUT2D eigenvalue weighted by Gasteiger charge is -2.30. The van der Waals surface area contributed by atoms with Crippen molar-refractivity contribution in [3.63, 3.8) is 0 Å². The van der Waals surface area contributed by atoms with E-state index in [1.165, 1.54) is 17.7 Å². The van der Waals surface area contributed by atoms with E-state index in [1.807, 2.05) is 26.0 Å². The first kappa shape index (κ1) is 24.7. The molecular weight excluding hydrogens is 398 g/mol. The van der Waals surface area contributed by atoms with Gasteiger partial charge in [0.05, 0.1) is 11.5 Å². The molecule has 0 radical (unpaired) electrons. The first-order chi connectivity index (χ1) is 15.4. The molecule has 0 bridgehead atoms. The number of benzene rings is 1. The van der Waals surface area contributed by atoms with Crippen molar-refractivity contribution < 1.29 is 11.3 Å². The highest BCUT2D eigenvalue weighted by atomic mass is 16.3. The van der Waals surface area contributed by atoms with Crippen molar-refractivity contribution in [2.24, 2.45) is 17.3 Å². The Morgan fingerprint density at radius 1 is 1.00 bits per heavy atom. The SMILES string of the molecule is CC1=CC(C)C(O)C=C1.C[C@H]1CNC[C@@H]1c1ccccc1.O=C1NCCC12CCNCC2.[HH]. The zero-order chi connectivity index (χ0) is 23.0. The number of carbonyl (C=O) groups excluding carboxylic acids is 1. The van der Waals surface area contributed by atoms with Gasteiger partial charge in [-0.05, 0) is 57.3 Å². The molecule has 0 saturated carbocycles. The quantitative estimate of drug-likeness (QED) is 0.537. The normalized spacial score (nSPS) is 30.5. The second-order valence-electron chi connectivity index (χ2n) is 9.81. The van der Waals surface area contributed by atoms with Gasteiger partial charge < -0.3 is 21.1 Å². The van der Waals surface area contributed by atoms with E-state index in [4.69, 9.17) is 5.11 Å². The summed E-state index contributed by atoms with van der Waals surface area (Å²) < 4.78 is 0. The molecule has 3 aliphatic heterocycles. The zero-order valence-corrected chi connectivity index (χ0v) is 19.9. The number of hydrogen-bond acceptors (Lipinski definition) is 4. The van der Waals surface area contributed by atoms with Gasteiger partial charge in [-0.2, -0.15) is 0 Å². The predicted molar refractivity (Wildman–Crippen MR) is 134 cm³/mol. The number of carbonyl (C=O) groups is 1. The van der Waals surface area contributed by atoms with Gasteiger partial charge >= 0.3 is 0 Å². The summed E-state index contributed by atoms with van der Waals surface area (Å²) >= 11 is 0. The van der Waals surface area contributed by atoms with Gasteiger partial charge in [-0.15, -0.1) is 0 Å². The third kappa shape index (κ3) is 6.53. The fraction of sp³-hybridized carbons (Fsp3) is 0.593. The lowest BCUT2D eigenvalue weighted by atomic mass is 9.78. The van der Waals surface area contributed by atoms with Crippen LogP contribution in [0.1, 0.15) is 52.9 Å². The van der Waals surface area contributed by atoms with Crippen LogP contribution in [-0.2, 0) is 4.79 Å². The van der Waals surface area contributed by atoms with Crippen LogP contribution in [0.15, 0.2) is 54.1 Å². The van der Waals surface area contributed by atoms with Crippen LogP contribution in [0.2, 0.25) is 0 Å². The highest BCUT2D eigenvalue weighted by Crippen LogP contribution is 2.35. The summed E-state index contributed by atoms with van der Waals surface area (Å²) in [6, 6.07) is 10.8. The van der Waals surface area contributed by atoms with Crippen LogP contribution in [0.4, 0.5) is 0 Å². The summed E-state index contributed by atoms with van der Waals surface area (Å²) in [5, 5.41) is 18.8. The number of piperidine rings is 1.